The molecule has 1 N–H and O–H groups in total. The molecule has 0 spiro atoms. The fourth-order valence-electron chi connectivity index (χ4n) is 2.46. The second kappa shape index (κ2) is 6.43. The predicted octanol–water partition coefficient (Wildman–Crippen LogP) is 2.27. The largest absolute Gasteiger partial charge is 0.381 e. The van der Waals surface area contributed by atoms with E-state index in [0.717, 1.165) is 31.6 Å². The first-order valence-electron chi connectivity index (χ1n) is 6.92. The predicted molar refractivity (Wildman–Crippen MR) is 80.7 cm³/mol. The van der Waals surface area contributed by atoms with Gasteiger partial charge in [-0.3, -0.25) is 0 Å². The van der Waals surface area contributed by atoms with Crippen molar-refractivity contribution in [2.75, 3.05) is 41.9 Å². The molecule has 1 aliphatic heterocycles. The first kappa shape index (κ1) is 15.1. The van der Waals surface area contributed by atoms with Gasteiger partial charge >= 0.3 is 0 Å². The summed E-state index contributed by atoms with van der Waals surface area (Å²) in [5.41, 5.74) is 1.37. The molecule has 2 rings (SSSR count). The Morgan fingerprint density at radius 3 is 2.65 bits per heavy atom. The molecule has 1 saturated heterocycles. The standard InChI is InChI=1S/C14H21FN2O2S/c1-20(18,19)11-5-8-16-14-12(15)6-4-7-13(14)17-9-2-3-10-17/h4,6-7,16H,2-3,5,8-11H2,1H3. The minimum absolute atomic E-state index is 0.119. The Morgan fingerprint density at radius 1 is 1.30 bits per heavy atom. The van der Waals surface area contributed by atoms with Gasteiger partial charge in [-0.2, -0.15) is 0 Å². The van der Waals surface area contributed by atoms with Gasteiger partial charge < -0.3 is 10.2 Å². The molecule has 0 amide bonds. The van der Waals surface area contributed by atoms with Gasteiger partial charge in [0.25, 0.3) is 0 Å². The van der Waals surface area contributed by atoms with Gasteiger partial charge in [0.1, 0.15) is 15.7 Å². The average molecular weight is 300 g/mol. The van der Waals surface area contributed by atoms with Crippen LogP contribution in [0.5, 0.6) is 0 Å². The third-order valence-electron chi connectivity index (χ3n) is 3.43. The van der Waals surface area contributed by atoms with E-state index >= 15 is 0 Å². The number of sulfone groups is 1. The Balaban J connectivity index is 2.02. The summed E-state index contributed by atoms with van der Waals surface area (Å²) in [5.74, 6) is -0.165. The molecule has 1 heterocycles. The number of nitrogens with one attached hydrogen (secondary N) is 1. The highest BCUT2D eigenvalue weighted by molar-refractivity contribution is 7.90. The van der Waals surface area contributed by atoms with Crippen LogP contribution in [0.1, 0.15) is 19.3 Å². The Hall–Kier alpha value is -1.30. The molecule has 0 aliphatic carbocycles. The van der Waals surface area contributed by atoms with Crippen LogP contribution in [0.4, 0.5) is 15.8 Å². The van der Waals surface area contributed by atoms with Gasteiger partial charge in [-0.05, 0) is 31.4 Å². The van der Waals surface area contributed by atoms with Crippen molar-refractivity contribution in [2.24, 2.45) is 0 Å². The molecule has 0 radical (unpaired) electrons. The Kier molecular flexibility index (Phi) is 4.86. The third-order valence-corrected chi connectivity index (χ3v) is 4.46. The highest BCUT2D eigenvalue weighted by atomic mass is 32.2. The van der Waals surface area contributed by atoms with Gasteiger partial charge in [-0.25, -0.2) is 12.8 Å². The highest BCUT2D eigenvalue weighted by Crippen LogP contribution is 2.31. The zero-order valence-corrected chi connectivity index (χ0v) is 12.5. The van der Waals surface area contributed by atoms with Crippen molar-refractivity contribution in [3.63, 3.8) is 0 Å². The molecule has 6 heteroatoms. The van der Waals surface area contributed by atoms with Crippen molar-refractivity contribution in [3.8, 4) is 0 Å². The van der Waals surface area contributed by atoms with E-state index in [9.17, 15) is 12.8 Å². The topological polar surface area (TPSA) is 49.4 Å². The van der Waals surface area contributed by atoms with E-state index in [4.69, 9.17) is 0 Å². The number of halogens is 1. The van der Waals surface area contributed by atoms with Crippen LogP contribution in [0.3, 0.4) is 0 Å². The second-order valence-corrected chi connectivity index (χ2v) is 7.50. The number of hydrogen-bond donors (Lipinski definition) is 1. The van der Waals surface area contributed by atoms with Crippen LogP contribution in [0.15, 0.2) is 18.2 Å². The van der Waals surface area contributed by atoms with E-state index in [1.165, 1.54) is 12.3 Å². The van der Waals surface area contributed by atoms with Gasteiger partial charge in [-0.1, -0.05) is 6.07 Å². The zero-order chi connectivity index (χ0) is 14.6. The fraction of sp³-hybridized carbons (Fsp3) is 0.571. The Labute approximate surface area is 119 Å². The van der Waals surface area contributed by atoms with E-state index < -0.39 is 9.84 Å². The molecule has 0 saturated carbocycles. The molecule has 1 aromatic carbocycles. The van der Waals surface area contributed by atoms with Crippen molar-refractivity contribution in [1.29, 1.82) is 0 Å². The molecular weight excluding hydrogens is 279 g/mol. The third kappa shape index (κ3) is 4.10. The second-order valence-electron chi connectivity index (χ2n) is 5.24. The SMILES string of the molecule is CS(=O)(=O)CCCNc1c(F)cccc1N1CCCC1. The molecular formula is C14H21FN2O2S. The molecule has 0 atom stereocenters. The first-order valence-corrected chi connectivity index (χ1v) is 8.98. The summed E-state index contributed by atoms with van der Waals surface area (Å²) in [7, 11) is -2.96. The lowest BCUT2D eigenvalue weighted by molar-refractivity contribution is 0.599. The molecule has 0 aromatic heterocycles. The van der Waals surface area contributed by atoms with Gasteiger partial charge in [0.15, 0.2) is 0 Å². The summed E-state index contributed by atoms with van der Waals surface area (Å²) in [6.07, 6.45) is 3.95. The summed E-state index contributed by atoms with van der Waals surface area (Å²) in [6, 6.07) is 5.05. The molecule has 1 fully saturated rings. The number of anilines is 2. The summed E-state index contributed by atoms with van der Waals surface area (Å²) in [4.78, 5) is 2.17. The maximum atomic E-state index is 14.0. The molecule has 1 aromatic rings. The number of rotatable bonds is 6. The smallest absolute Gasteiger partial charge is 0.148 e. The number of benzene rings is 1. The monoisotopic (exact) mass is 300 g/mol. The van der Waals surface area contributed by atoms with Gasteiger partial charge in [0, 0.05) is 25.9 Å². The number of para-hydroxylation sites is 1. The fourth-order valence-corrected chi connectivity index (χ4v) is 3.13. The minimum Gasteiger partial charge on any atom is -0.381 e. The normalized spacial score (nSPS) is 15.6. The van der Waals surface area contributed by atoms with Crippen molar-refractivity contribution >= 4 is 21.2 Å². The highest BCUT2D eigenvalue weighted by Gasteiger charge is 2.17. The summed E-state index contributed by atoms with van der Waals surface area (Å²) in [5, 5.41) is 3.05. The lowest BCUT2D eigenvalue weighted by atomic mass is 10.2. The maximum Gasteiger partial charge on any atom is 0.148 e. The van der Waals surface area contributed by atoms with E-state index in [0.29, 0.717) is 18.7 Å². The van der Waals surface area contributed by atoms with Crippen molar-refractivity contribution in [1.82, 2.24) is 0 Å². The van der Waals surface area contributed by atoms with Crippen LogP contribution in [0.25, 0.3) is 0 Å². The maximum absolute atomic E-state index is 14.0. The van der Waals surface area contributed by atoms with Crippen molar-refractivity contribution in [3.05, 3.63) is 24.0 Å². The van der Waals surface area contributed by atoms with Gasteiger partial charge in [0.2, 0.25) is 0 Å². The van der Waals surface area contributed by atoms with Crippen LogP contribution in [-0.4, -0.2) is 40.1 Å². The van der Waals surface area contributed by atoms with Gasteiger partial charge in [-0.15, -0.1) is 0 Å². The van der Waals surface area contributed by atoms with E-state index in [2.05, 4.69) is 10.2 Å². The molecule has 112 valence electrons. The first-order chi connectivity index (χ1) is 9.47. The molecule has 0 unspecified atom stereocenters. The summed E-state index contributed by atoms with van der Waals surface area (Å²) >= 11 is 0. The average Bonchev–Trinajstić information content (AvgIpc) is 2.88. The Morgan fingerprint density at radius 2 is 2.00 bits per heavy atom. The summed E-state index contributed by atoms with van der Waals surface area (Å²) in [6.45, 7) is 2.35. The van der Waals surface area contributed by atoms with Crippen LogP contribution in [-0.2, 0) is 9.84 Å². The van der Waals surface area contributed by atoms with Crippen LogP contribution >= 0.6 is 0 Å². The molecule has 0 bridgehead atoms. The number of nitrogens with zero attached hydrogens (tertiary/aromatic N) is 1. The van der Waals surface area contributed by atoms with Crippen LogP contribution in [0, 0.1) is 5.82 Å². The molecule has 1 aliphatic rings. The Bertz CT molecular complexity index is 554. The van der Waals surface area contributed by atoms with E-state index in [1.54, 1.807) is 6.07 Å². The molecule has 20 heavy (non-hydrogen) atoms. The van der Waals surface area contributed by atoms with Crippen LogP contribution < -0.4 is 10.2 Å². The molecule has 4 nitrogen and oxygen atoms in total. The number of hydrogen-bond acceptors (Lipinski definition) is 4. The van der Waals surface area contributed by atoms with Crippen LogP contribution in [0.2, 0.25) is 0 Å². The van der Waals surface area contributed by atoms with E-state index in [-0.39, 0.29) is 11.6 Å². The van der Waals surface area contributed by atoms with Crippen molar-refractivity contribution in [2.45, 2.75) is 19.3 Å². The zero-order valence-electron chi connectivity index (χ0n) is 11.7. The quantitative estimate of drug-likeness (QED) is 0.819. The summed E-state index contributed by atoms with van der Waals surface area (Å²) < 4.78 is 36.1. The van der Waals surface area contributed by atoms with Crippen molar-refractivity contribution < 1.29 is 12.8 Å². The lowest BCUT2D eigenvalue weighted by Gasteiger charge is -2.22. The van der Waals surface area contributed by atoms with E-state index in [1.807, 2.05) is 6.07 Å². The van der Waals surface area contributed by atoms with Gasteiger partial charge in [0.05, 0.1) is 17.1 Å². The minimum atomic E-state index is -2.96. The lowest BCUT2D eigenvalue weighted by Crippen LogP contribution is -2.20.